The third-order valence-corrected chi connectivity index (χ3v) is 1.72. The van der Waals surface area contributed by atoms with E-state index in [1.54, 1.807) is 10.8 Å². The minimum absolute atomic E-state index is 0.857. The summed E-state index contributed by atoms with van der Waals surface area (Å²) in [6, 6.07) is 4.00. The molecule has 0 bridgehead atoms. The van der Waals surface area contributed by atoms with Gasteiger partial charge in [-0.15, -0.1) is 0 Å². The first-order valence-electron chi connectivity index (χ1n) is 4.83. The molecule has 0 radical (unpaired) electrons. The van der Waals surface area contributed by atoms with E-state index in [0.717, 1.165) is 12.2 Å². The van der Waals surface area contributed by atoms with E-state index in [1.165, 1.54) is 5.56 Å². The maximum Gasteiger partial charge on any atom is 0.155 e. The molecule has 0 spiro atoms. The summed E-state index contributed by atoms with van der Waals surface area (Å²) in [4.78, 5) is 4.05. The second-order valence-corrected chi connectivity index (χ2v) is 2.63. The van der Waals surface area contributed by atoms with Crippen LogP contribution in [0.15, 0.2) is 24.7 Å². The van der Waals surface area contributed by atoms with Gasteiger partial charge in [-0.25, -0.2) is 9.50 Å². The third kappa shape index (κ3) is 2.29. The number of pyridine rings is 1. The van der Waals surface area contributed by atoms with Crippen LogP contribution in [-0.4, -0.2) is 21.6 Å². The van der Waals surface area contributed by atoms with Gasteiger partial charge in [-0.3, -0.25) is 0 Å². The van der Waals surface area contributed by atoms with E-state index in [2.05, 4.69) is 15.4 Å². The Hall–Kier alpha value is -1.42. The fraction of sp³-hybridized carbons (Fsp3) is 0.400. The molecule has 2 rings (SSSR count). The van der Waals surface area contributed by atoms with Gasteiger partial charge in [-0.1, -0.05) is 19.9 Å². The Balaban J connectivity index is 0.000000461. The van der Waals surface area contributed by atoms with Crippen LogP contribution >= 0.6 is 0 Å². The molecule has 76 valence electrons. The number of nitrogens with zero attached hydrogens (tertiary/aromatic N) is 3. The van der Waals surface area contributed by atoms with Crippen molar-refractivity contribution < 1.29 is 0 Å². The molecular weight excluding hydrogens is 176 g/mol. The SMILES string of the molecule is CC.CNCc1ccc2ncnn2c1. The number of hydrogen-bond donors (Lipinski definition) is 1. The molecule has 4 nitrogen and oxygen atoms in total. The van der Waals surface area contributed by atoms with Crippen molar-refractivity contribution in [3.05, 3.63) is 30.2 Å². The first kappa shape index (κ1) is 10.7. The van der Waals surface area contributed by atoms with Crippen LogP contribution in [0.3, 0.4) is 0 Å². The highest BCUT2D eigenvalue weighted by Crippen LogP contribution is 2.01. The Morgan fingerprint density at radius 3 is 2.86 bits per heavy atom. The fourth-order valence-electron chi connectivity index (χ4n) is 1.17. The van der Waals surface area contributed by atoms with Crippen LogP contribution < -0.4 is 5.32 Å². The minimum Gasteiger partial charge on any atom is -0.316 e. The van der Waals surface area contributed by atoms with Gasteiger partial charge in [0.25, 0.3) is 0 Å². The standard InChI is InChI=1S/C8H10N4.C2H6/c1-9-4-7-2-3-8-10-6-11-12(8)5-7;1-2/h2-3,5-6,9H,4H2,1H3;1-2H3. The van der Waals surface area contributed by atoms with Gasteiger partial charge in [0.05, 0.1) is 0 Å². The van der Waals surface area contributed by atoms with E-state index >= 15 is 0 Å². The molecule has 0 aliphatic carbocycles. The fourth-order valence-corrected chi connectivity index (χ4v) is 1.17. The number of nitrogens with one attached hydrogen (secondary N) is 1. The zero-order chi connectivity index (χ0) is 10.4. The Morgan fingerprint density at radius 2 is 2.14 bits per heavy atom. The monoisotopic (exact) mass is 192 g/mol. The Labute approximate surface area is 84.0 Å². The topological polar surface area (TPSA) is 42.2 Å². The Morgan fingerprint density at radius 1 is 1.36 bits per heavy atom. The van der Waals surface area contributed by atoms with Crippen LogP contribution in [0.1, 0.15) is 19.4 Å². The van der Waals surface area contributed by atoms with Crippen molar-refractivity contribution in [2.45, 2.75) is 20.4 Å². The Kier molecular flexibility index (Phi) is 4.07. The van der Waals surface area contributed by atoms with E-state index in [4.69, 9.17) is 0 Å². The lowest BCUT2D eigenvalue weighted by molar-refractivity contribution is 0.803. The maximum absolute atomic E-state index is 4.05. The molecule has 2 heterocycles. The van der Waals surface area contributed by atoms with Gasteiger partial charge < -0.3 is 5.32 Å². The normalized spacial score (nSPS) is 9.64. The van der Waals surface area contributed by atoms with E-state index < -0.39 is 0 Å². The summed E-state index contributed by atoms with van der Waals surface area (Å²) in [6.07, 6.45) is 3.53. The van der Waals surface area contributed by atoms with Crippen molar-refractivity contribution in [3.63, 3.8) is 0 Å². The molecule has 4 heteroatoms. The van der Waals surface area contributed by atoms with Gasteiger partial charge in [0.2, 0.25) is 0 Å². The molecule has 0 aromatic carbocycles. The highest BCUT2D eigenvalue weighted by molar-refractivity contribution is 5.37. The zero-order valence-corrected chi connectivity index (χ0v) is 8.86. The molecule has 0 unspecified atom stereocenters. The molecule has 0 saturated heterocycles. The number of rotatable bonds is 2. The summed E-state index contributed by atoms with van der Waals surface area (Å²) >= 11 is 0. The second kappa shape index (κ2) is 5.34. The summed E-state index contributed by atoms with van der Waals surface area (Å²) in [7, 11) is 1.92. The largest absolute Gasteiger partial charge is 0.316 e. The molecule has 0 saturated carbocycles. The van der Waals surface area contributed by atoms with Crippen LogP contribution in [0.5, 0.6) is 0 Å². The molecule has 0 amide bonds. The summed E-state index contributed by atoms with van der Waals surface area (Å²) < 4.78 is 1.77. The third-order valence-electron chi connectivity index (χ3n) is 1.72. The van der Waals surface area contributed by atoms with Crippen molar-refractivity contribution >= 4 is 5.65 Å². The van der Waals surface area contributed by atoms with Gasteiger partial charge in [0.1, 0.15) is 6.33 Å². The quantitative estimate of drug-likeness (QED) is 0.783. The molecule has 0 aliphatic heterocycles. The van der Waals surface area contributed by atoms with Crippen LogP contribution in [0.25, 0.3) is 5.65 Å². The van der Waals surface area contributed by atoms with Gasteiger partial charge >= 0.3 is 0 Å². The first-order chi connectivity index (χ1) is 6.90. The van der Waals surface area contributed by atoms with Crippen molar-refractivity contribution in [2.24, 2.45) is 0 Å². The number of fused-ring (bicyclic) bond motifs is 1. The van der Waals surface area contributed by atoms with Crippen LogP contribution in [0.4, 0.5) is 0 Å². The lowest BCUT2D eigenvalue weighted by Gasteiger charge is -1.98. The predicted molar refractivity (Wildman–Crippen MR) is 57.1 cm³/mol. The average Bonchev–Trinajstić information content (AvgIpc) is 2.68. The highest BCUT2D eigenvalue weighted by Gasteiger charge is 1.95. The molecule has 2 aromatic rings. The highest BCUT2D eigenvalue weighted by atomic mass is 15.3. The summed E-state index contributed by atoms with van der Waals surface area (Å²) in [5.74, 6) is 0. The van der Waals surface area contributed by atoms with Crippen LogP contribution in [-0.2, 0) is 6.54 Å². The van der Waals surface area contributed by atoms with Crippen molar-refractivity contribution in [1.82, 2.24) is 19.9 Å². The molecule has 1 N–H and O–H groups in total. The van der Waals surface area contributed by atoms with Crippen molar-refractivity contribution in [3.8, 4) is 0 Å². The zero-order valence-electron chi connectivity index (χ0n) is 8.86. The summed E-state index contributed by atoms with van der Waals surface area (Å²) in [5, 5.41) is 7.12. The first-order valence-corrected chi connectivity index (χ1v) is 4.83. The summed E-state index contributed by atoms with van der Waals surface area (Å²) in [6.45, 7) is 4.86. The average molecular weight is 192 g/mol. The van der Waals surface area contributed by atoms with Crippen LogP contribution in [0.2, 0.25) is 0 Å². The second-order valence-electron chi connectivity index (χ2n) is 2.63. The smallest absolute Gasteiger partial charge is 0.155 e. The molecule has 14 heavy (non-hydrogen) atoms. The lowest BCUT2D eigenvalue weighted by atomic mass is 10.3. The van der Waals surface area contributed by atoms with E-state index in [9.17, 15) is 0 Å². The maximum atomic E-state index is 4.05. The lowest BCUT2D eigenvalue weighted by Crippen LogP contribution is -2.05. The van der Waals surface area contributed by atoms with Gasteiger partial charge in [-0.05, 0) is 18.7 Å². The van der Waals surface area contributed by atoms with Gasteiger partial charge in [0, 0.05) is 12.7 Å². The summed E-state index contributed by atoms with van der Waals surface area (Å²) in [5.41, 5.74) is 2.09. The van der Waals surface area contributed by atoms with Gasteiger partial charge in [0.15, 0.2) is 5.65 Å². The molecule has 0 atom stereocenters. The van der Waals surface area contributed by atoms with E-state index in [0.29, 0.717) is 0 Å². The van der Waals surface area contributed by atoms with Gasteiger partial charge in [-0.2, -0.15) is 5.10 Å². The predicted octanol–water partition coefficient (Wildman–Crippen LogP) is 1.47. The molecule has 0 aliphatic rings. The molecule has 0 fully saturated rings. The minimum atomic E-state index is 0.857. The van der Waals surface area contributed by atoms with Crippen LogP contribution in [0, 0.1) is 0 Å². The van der Waals surface area contributed by atoms with E-state index in [1.807, 2.05) is 39.2 Å². The van der Waals surface area contributed by atoms with Crippen molar-refractivity contribution in [2.75, 3.05) is 7.05 Å². The molecular formula is C10H16N4. The van der Waals surface area contributed by atoms with Crippen molar-refractivity contribution in [1.29, 1.82) is 0 Å². The van der Waals surface area contributed by atoms with E-state index in [-0.39, 0.29) is 0 Å². The number of aromatic nitrogens is 3. The Bertz CT molecular complexity index is 380. The molecule has 2 aromatic heterocycles. The number of hydrogen-bond acceptors (Lipinski definition) is 3.